The third kappa shape index (κ3) is 2.01. The number of fused-ring (bicyclic) bond motifs is 2. The van der Waals surface area contributed by atoms with Gasteiger partial charge in [-0.15, -0.1) is 0 Å². The van der Waals surface area contributed by atoms with Crippen LogP contribution in [-0.2, 0) is 4.74 Å². The van der Waals surface area contributed by atoms with E-state index < -0.39 is 0 Å². The molecule has 1 aliphatic heterocycles. The fourth-order valence-corrected chi connectivity index (χ4v) is 4.47. The highest BCUT2D eigenvalue weighted by Crippen LogP contribution is 2.61. The molecule has 0 N–H and O–H groups in total. The van der Waals surface area contributed by atoms with Gasteiger partial charge in [0.2, 0.25) is 0 Å². The quantitative estimate of drug-likeness (QED) is 0.584. The topological polar surface area (TPSA) is 9.23 Å². The van der Waals surface area contributed by atoms with E-state index in [0.29, 0.717) is 10.8 Å². The Kier molecular flexibility index (Phi) is 3.04. The summed E-state index contributed by atoms with van der Waals surface area (Å²) in [6, 6.07) is 0. The van der Waals surface area contributed by atoms with Crippen LogP contribution in [0.5, 0.6) is 0 Å². The molecule has 1 heterocycles. The van der Waals surface area contributed by atoms with E-state index in [1.165, 1.54) is 25.7 Å². The Hall–Kier alpha value is -0.560. The van der Waals surface area contributed by atoms with Crippen molar-refractivity contribution >= 4 is 0 Å². The standard InChI is InChI=1S/C19H30O/c1-17(2,3)14-11-15(18(4,5)6)16-13(14)7-8-19(16)9-10-20-12-19/h7-12H2,1-6H3. The molecule has 1 heteroatoms. The van der Waals surface area contributed by atoms with Gasteiger partial charge in [-0.2, -0.15) is 0 Å². The van der Waals surface area contributed by atoms with E-state index in [2.05, 4.69) is 41.5 Å². The van der Waals surface area contributed by atoms with Gasteiger partial charge in [0.1, 0.15) is 0 Å². The molecule has 1 spiro atoms. The van der Waals surface area contributed by atoms with E-state index in [9.17, 15) is 0 Å². The van der Waals surface area contributed by atoms with Crippen molar-refractivity contribution < 1.29 is 4.74 Å². The molecule has 0 bridgehead atoms. The summed E-state index contributed by atoms with van der Waals surface area (Å²) in [6.45, 7) is 16.2. The van der Waals surface area contributed by atoms with Gasteiger partial charge in [0.25, 0.3) is 0 Å². The second-order valence-corrected chi connectivity index (χ2v) is 9.07. The maximum absolute atomic E-state index is 5.82. The molecule has 2 fully saturated rings. The van der Waals surface area contributed by atoms with Crippen LogP contribution in [-0.4, -0.2) is 13.2 Å². The van der Waals surface area contributed by atoms with Crippen LogP contribution >= 0.6 is 0 Å². The summed E-state index contributed by atoms with van der Waals surface area (Å²) in [6.07, 6.45) is 5.05. The van der Waals surface area contributed by atoms with Crippen molar-refractivity contribution in [2.24, 2.45) is 16.2 Å². The highest BCUT2D eigenvalue weighted by Gasteiger charge is 2.50. The van der Waals surface area contributed by atoms with Gasteiger partial charge >= 0.3 is 0 Å². The van der Waals surface area contributed by atoms with Crippen LogP contribution < -0.4 is 0 Å². The lowest BCUT2D eigenvalue weighted by Gasteiger charge is -2.30. The van der Waals surface area contributed by atoms with E-state index >= 15 is 0 Å². The Balaban J connectivity index is 2.14. The van der Waals surface area contributed by atoms with Crippen LogP contribution in [0.4, 0.5) is 0 Å². The lowest BCUT2D eigenvalue weighted by molar-refractivity contribution is 0.167. The molecule has 1 nitrogen and oxygen atoms in total. The van der Waals surface area contributed by atoms with Crippen molar-refractivity contribution in [2.75, 3.05) is 13.2 Å². The smallest absolute Gasteiger partial charge is 0.0563 e. The Morgan fingerprint density at radius 3 is 2.05 bits per heavy atom. The van der Waals surface area contributed by atoms with Gasteiger partial charge in [-0.25, -0.2) is 0 Å². The average molecular weight is 274 g/mol. The fourth-order valence-electron chi connectivity index (χ4n) is 4.47. The number of allylic oxidation sites excluding steroid dienone is 3. The maximum atomic E-state index is 5.82. The normalized spacial score (nSPS) is 30.9. The van der Waals surface area contributed by atoms with Crippen molar-refractivity contribution in [1.29, 1.82) is 0 Å². The first-order valence-corrected chi connectivity index (χ1v) is 8.20. The summed E-state index contributed by atoms with van der Waals surface area (Å²) in [5.41, 5.74) is 7.82. The highest BCUT2D eigenvalue weighted by atomic mass is 16.5. The molecule has 0 aromatic heterocycles. The molecule has 1 saturated carbocycles. The minimum atomic E-state index is 0.285. The van der Waals surface area contributed by atoms with E-state index in [0.717, 1.165) is 13.2 Å². The van der Waals surface area contributed by atoms with Crippen LogP contribution in [0.2, 0.25) is 0 Å². The molecule has 0 aromatic carbocycles. The molecule has 1 saturated heterocycles. The first-order valence-electron chi connectivity index (χ1n) is 8.20. The van der Waals surface area contributed by atoms with Crippen LogP contribution in [0.15, 0.2) is 22.3 Å². The van der Waals surface area contributed by atoms with Crippen LogP contribution in [0, 0.1) is 16.2 Å². The predicted octanol–water partition coefficient (Wildman–Crippen LogP) is 5.28. The van der Waals surface area contributed by atoms with Gasteiger partial charge in [-0.1, -0.05) is 52.7 Å². The Morgan fingerprint density at radius 1 is 0.900 bits per heavy atom. The second kappa shape index (κ2) is 4.22. The zero-order valence-corrected chi connectivity index (χ0v) is 14.2. The van der Waals surface area contributed by atoms with Gasteiger partial charge in [-0.05, 0) is 47.7 Å². The minimum absolute atomic E-state index is 0.285. The number of rotatable bonds is 0. The van der Waals surface area contributed by atoms with Crippen molar-refractivity contribution in [3.63, 3.8) is 0 Å². The molecule has 3 rings (SSSR count). The van der Waals surface area contributed by atoms with Crippen LogP contribution in [0.3, 0.4) is 0 Å². The lowest BCUT2D eigenvalue weighted by atomic mass is 9.73. The third-order valence-electron chi connectivity index (χ3n) is 5.62. The lowest BCUT2D eigenvalue weighted by Crippen LogP contribution is -2.22. The van der Waals surface area contributed by atoms with Crippen molar-refractivity contribution in [2.45, 2.75) is 67.2 Å². The zero-order valence-electron chi connectivity index (χ0n) is 14.2. The highest BCUT2D eigenvalue weighted by molar-refractivity contribution is 5.57. The summed E-state index contributed by atoms with van der Waals surface area (Å²) < 4.78 is 5.82. The SMILES string of the molecule is CC(C)(C)C1=C2CCC3(CCOC3)C2=C(C(C)(C)C)C1. The van der Waals surface area contributed by atoms with E-state index in [1.807, 2.05) is 0 Å². The molecule has 0 radical (unpaired) electrons. The molecule has 112 valence electrons. The number of hydrogen-bond donors (Lipinski definition) is 0. The number of hydrogen-bond acceptors (Lipinski definition) is 1. The van der Waals surface area contributed by atoms with Crippen LogP contribution in [0.1, 0.15) is 67.2 Å². The first-order chi connectivity index (χ1) is 9.15. The van der Waals surface area contributed by atoms with E-state index in [-0.39, 0.29) is 5.41 Å². The van der Waals surface area contributed by atoms with Gasteiger partial charge in [-0.3, -0.25) is 0 Å². The van der Waals surface area contributed by atoms with Crippen molar-refractivity contribution in [1.82, 2.24) is 0 Å². The van der Waals surface area contributed by atoms with Gasteiger partial charge in [0.05, 0.1) is 6.61 Å². The zero-order chi connectivity index (χ0) is 14.8. The molecule has 2 aliphatic carbocycles. The predicted molar refractivity (Wildman–Crippen MR) is 84.7 cm³/mol. The molecule has 1 atom stereocenters. The summed E-state index contributed by atoms with van der Waals surface area (Å²) in [5.74, 6) is 0. The molecule has 0 aromatic rings. The van der Waals surface area contributed by atoms with Crippen molar-refractivity contribution in [3.8, 4) is 0 Å². The largest absolute Gasteiger partial charge is 0.380 e. The van der Waals surface area contributed by atoms with Gasteiger partial charge in [0.15, 0.2) is 0 Å². The summed E-state index contributed by atoms with van der Waals surface area (Å²) in [5, 5.41) is 0. The molecular weight excluding hydrogens is 244 g/mol. The summed E-state index contributed by atoms with van der Waals surface area (Å²) >= 11 is 0. The summed E-state index contributed by atoms with van der Waals surface area (Å²) in [4.78, 5) is 0. The summed E-state index contributed by atoms with van der Waals surface area (Å²) in [7, 11) is 0. The first kappa shape index (κ1) is 14.4. The molecule has 1 unspecified atom stereocenters. The molecule has 3 aliphatic rings. The molecular formula is C19H30O. The average Bonchev–Trinajstić information content (AvgIpc) is 2.96. The Morgan fingerprint density at radius 2 is 1.55 bits per heavy atom. The molecule has 0 amide bonds. The number of ether oxygens (including phenoxy) is 1. The monoisotopic (exact) mass is 274 g/mol. The molecule has 20 heavy (non-hydrogen) atoms. The Labute approximate surface area is 124 Å². The minimum Gasteiger partial charge on any atom is -0.380 e. The third-order valence-corrected chi connectivity index (χ3v) is 5.62. The van der Waals surface area contributed by atoms with Gasteiger partial charge < -0.3 is 4.74 Å². The van der Waals surface area contributed by atoms with Gasteiger partial charge in [0, 0.05) is 12.0 Å². The maximum Gasteiger partial charge on any atom is 0.0563 e. The Bertz CT molecular complexity index is 485. The van der Waals surface area contributed by atoms with Crippen LogP contribution in [0.25, 0.3) is 0 Å². The second-order valence-electron chi connectivity index (χ2n) is 9.07. The fraction of sp³-hybridized carbons (Fsp3) is 0.789. The van der Waals surface area contributed by atoms with E-state index in [1.54, 1.807) is 22.3 Å². The van der Waals surface area contributed by atoms with Crippen molar-refractivity contribution in [3.05, 3.63) is 22.3 Å². The van der Waals surface area contributed by atoms with E-state index in [4.69, 9.17) is 4.74 Å².